The lowest BCUT2D eigenvalue weighted by atomic mass is 9.82. The summed E-state index contributed by atoms with van der Waals surface area (Å²) >= 11 is 0. The second-order valence-corrected chi connectivity index (χ2v) is 7.77. The number of benzene rings is 2. The van der Waals surface area contributed by atoms with E-state index in [1.807, 2.05) is 0 Å². The normalized spacial score (nSPS) is 17.8. The van der Waals surface area contributed by atoms with E-state index in [1.165, 1.54) is 6.07 Å². The Balaban J connectivity index is 1.53. The van der Waals surface area contributed by atoms with E-state index in [9.17, 15) is 14.7 Å². The predicted octanol–water partition coefficient (Wildman–Crippen LogP) is 2.45. The molecule has 2 aromatic carbocycles. The molecule has 0 saturated carbocycles. The molecular formula is C22H25N2O4+. The van der Waals surface area contributed by atoms with Crippen LogP contribution in [0.25, 0.3) is 0 Å². The Bertz CT molecular complexity index is 932. The Morgan fingerprint density at radius 2 is 1.64 bits per heavy atom. The highest BCUT2D eigenvalue weighted by Gasteiger charge is 2.34. The first kappa shape index (κ1) is 18.7. The second kappa shape index (κ2) is 7.37. The minimum Gasteiger partial charge on any atom is -0.507 e. The summed E-state index contributed by atoms with van der Waals surface area (Å²) in [7, 11) is 2.24. The fraction of sp³-hybridized carbons (Fsp3) is 0.364. The van der Waals surface area contributed by atoms with Gasteiger partial charge in [0.25, 0.3) is 0 Å². The number of quaternary nitrogens is 1. The Kier molecular flexibility index (Phi) is 4.91. The topological polar surface area (TPSA) is 75.6 Å². The molecule has 6 nitrogen and oxygen atoms in total. The summed E-state index contributed by atoms with van der Waals surface area (Å²) < 4.78 is 6.43. The molecule has 1 fully saturated rings. The van der Waals surface area contributed by atoms with E-state index >= 15 is 0 Å². The van der Waals surface area contributed by atoms with Crippen molar-refractivity contribution < 1.29 is 23.9 Å². The van der Waals surface area contributed by atoms with Crippen LogP contribution in [0.1, 0.15) is 38.3 Å². The number of fused-ring (bicyclic) bond motifs is 2. The van der Waals surface area contributed by atoms with Gasteiger partial charge in [0.05, 0.1) is 37.9 Å². The summed E-state index contributed by atoms with van der Waals surface area (Å²) in [5.74, 6) is -0.687. The van der Waals surface area contributed by atoms with Crippen LogP contribution in [0, 0.1) is 0 Å². The zero-order chi connectivity index (χ0) is 19.7. The number of nitrogens with one attached hydrogen (secondary N) is 1. The molecule has 0 bridgehead atoms. The molecule has 1 aliphatic carbocycles. The fourth-order valence-corrected chi connectivity index (χ4v) is 4.04. The number of nitrogens with zero attached hydrogens (tertiary/aromatic N) is 1. The Morgan fingerprint density at radius 1 is 1.00 bits per heavy atom. The number of carbonyl (C=O) groups excluding carboxylic acids is 2. The van der Waals surface area contributed by atoms with Crippen molar-refractivity contribution in [2.45, 2.75) is 6.42 Å². The van der Waals surface area contributed by atoms with Gasteiger partial charge in [-0.05, 0) is 12.1 Å². The minimum absolute atomic E-state index is 0.0980. The molecule has 0 unspecified atom stereocenters. The van der Waals surface area contributed by atoms with E-state index in [-0.39, 0.29) is 28.4 Å². The number of hydrogen-bond donors (Lipinski definition) is 2. The number of morpholine rings is 1. The largest absolute Gasteiger partial charge is 0.507 e. The minimum atomic E-state index is -0.308. The zero-order valence-electron chi connectivity index (χ0n) is 16.0. The lowest BCUT2D eigenvalue weighted by molar-refractivity contribution is -0.916. The first-order valence-corrected chi connectivity index (χ1v) is 9.70. The molecule has 2 aromatic rings. The maximum Gasteiger partial charge on any atom is 0.198 e. The molecule has 0 radical (unpaired) electrons. The van der Waals surface area contributed by atoms with Crippen LogP contribution < -0.4 is 5.32 Å². The van der Waals surface area contributed by atoms with Gasteiger partial charge in [0.15, 0.2) is 11.6 Å². The number of phenolic OH excluding ortho intramolecular Hbond substituents is 1. The molecule has 1 heterocycles. The van der Waals surface area contributed by atoms with Crippen LogP contribution in [0.15, 0.2) is 36.4 Å². The number of ketones is 2. The molecule has 146 valence electrons. The maximum atomic E-state index is 13.0. The van der Waals surface area contributed by atoms with Crippen molar-refractivity contribution in [3.05, 3.63) is 58.7 Å². The number of likely N-dealkylation sites (N-methyl/N-ethyl adjacent to an activating group) is 1. The van der Waals surface area contributed by atoms with Crippen molar-refractivity contribution in [1.29, 1.82) is 0 Å². The highest BCUT2D eigenvalue weighted by Crippen LogP contribution is 2.36. The van der Waals surface area contributed by atoms with Gasteiger partial charge in [0.1, 0.15) is 18.8 Å². The summed E-state index contributed by atoms with van der Waals surface area (Å²) in [6, 6.07) is 9.93. The SMILES string of the molecule is C[N+]1(CCCNc2ccc(O)c3c2C(=O)c2ccccc2C3=O)CCOCC1. The van der Waals surface area contributed by atoms with Gasteiger partial charge in [0.2, 0.25) is 0 Å². The van der Waals surface area contributed by atoms with E-state index in [4.69, 9.17) is 4.74 Å². The van der Waals surface area contributed by atoms with Crippen molar-refractivity contribution >= 4 is 17.3 Å². The smallest absolute Gasteiger partial charge is 0.198 e. The lowest BCUT2D eigenvalue weighted by Gasteiger charge is -2.37. The van der Waals surface area contributed by atoms with Gasteiger partial charge in [-0.3, -0.25) is 9.59 Å². The van der Waals surface area contributed by atoms with E-state index in [1.54, 1.807) is 30.3 Å². The number of rotatable bonds is 5. The monoisotopic (exact) mass is 381 g/mol. The quantitative estimate of drug-likeness (QED) is 0.403. The third kappa shape index (κ3) is 3.30. The maximum absolute atomic E-state index is 13.0. The van der Waals surface area contributed by atoms with E-state index in [0.29, 0.717) is 23.4 Å². The van der Waals surface area contributed by atoms with E-state index < -0.39 is 0 Å². The summed E-state index contributed by atoms with van der Waals surface area (Å²) in [5, 5.41) is 13.6. The molecule has 1 saturated heterocycles. The molecule has 0 atom stereocenters. The summed E-state index contributed by atoms with van der Waals surface area (Å²) in [6.07, 6.45) is 0.935. The summed E-state index contributed by atoms with van der Waals surface area (Å²) in [6.45, 7) is 5.33. The predicted molar refractivity (Wildman–Crippen MR) is 106 cm³/mol. The van der Waals surface area contributed by atoms with Crippen LogP contribution in [0.2, 0.25) is 0 Å². The van der Waals surface area contributed by atoms with Crippen molar-refractivity contribution in [1.82, 2.24) is 0 Å². The second-order valence-electron chi connectivity index (χ2n) is 7.77. The summed E-state index contributed by atoms with van der Waals surface area (Å²) in [4.78, 5) is 25.9. The average Bonchev–Trinajstić information content (AvgIpc) is 2.70. The average molecular weight is 381 g/mol. The van der Waals surface area contributed by atoms with Crippen LogP contribution in [0.3, 0.4) is 0 Å². The molecule has 1 aliphatic heterocycles. The Morgan fingerprint density at radius 3 is 2.32 bits per heavy atom. The Hall–Kier alpha value is -2.70. The van der Waals surface area contributed by atoms with Crippen LogP contribution >= 0.6 is 0 Å². The summed E-state index contributed by atoms with van der Waals surface area (Å²) in [5.41, 5.74) is 1.71. The zero-order valence-corrected chi connectivity index (χ0v) is 16.0. The molecule has 28 heavy (non-hydrogen) atoms. The van der Waals surface area contributed by atoms with E-state index in [0.717, 1.165) is 43.8 Å². The number of hydrogen-bond acceptors (Lipinski definition) is 5. The van der Waals surface area contributed by atoms with Crippen LogP contribution in [0.4, 0.5) is 5.69 Å². The van der Waals surface area contributed by atoms with Gasteiger partial charge in [-0.2, -0.15) is 0 Å². The number of phenols is 1. The first-order chi connectivity index (χ1) is 13.5. The number of anilines is 1. The van der Waals surface area contributed by atoms with Crippen LogP contribution in [-0.2, 0) is 4.74 Å². The van der Waals surface area contributed by atoms with Crippen molar-refractivity contribution in [3.63, 3.8) is 0 Å². The number of carbonyl (C=O) groups is 2. The molecule has 6 heteroatoms. The molecule has 2 N–H and O–H groups in total. The van der Waals surface area contributed by atoms with Crippen LogP contribution in [0.5, 0.6) is 5.75 Å². The number of ether oxygens (including phenoxy) is 1. The third-order valence-electron chi connectivity index (χ3n) is 5.79. The lowest BCUT2D eigenvalue weighted by Crippen LogP contribution is -2.52. The van der Waals surface area contributed by atoms with Gasteiger partial charge in [0, 0.05) is 29.8 Å². The Labute approximate surface area is 164 Å². The fourth-order valence-electron chi connectivity index (χ4n) is 4.04. The standard InChI is InChI=1S/C22H24N2O4/c1-24(11-13-28-14-12-24)10-4-9-23-17-7-8-18(25)20-19(17)21(26)15-5-2-3-6-16(15)22(20)27/h2-3,5-8H,4,9-14H2,1H3,(H-,23,25,26,27)/p+1. The van der Waals surface area contributed by atoms with Gasteiger partial charge in [-0.1, -0.05) is 24.3 Å². The van der Waals surface area contributed by atoms with Gasteiger partial charge in [-0.15, -0.1) is 0 Å². The number of aromatic hydroxyl groups is 1. The van der Waals surface area contributed by atoms with Gasteiger partial charge < -0.3 is 19.6 Å². The first-order valence-electron chi connectivity index (χ1n) is 9.70. The van der Waals surface area contributed by atoms with Crippen molar-refractivity contribution in [3.8, 4) is 5.75 Å². The highest BCUT2D eigenvalue weighted by molar-refractivity contribution is 6.31. The van der Waals surface area contributed by atoms with Gasteiger partial charge >= 0.3 is 0 Å². The third-order valence-corrected chi connectivity index (χ3v) is 5.79. The molecular weight excluding hydrogens is 356 g/mol. The van der Waals surface area contributed by atoms with Crippen LogP contribution in [-0.4, -0.2) is 67.6 Å². The highest BCUT2D eigenvalue weighted by atomic mass is 16.5. The van der Waals surface area contributed by atoms with Crippen molar-refractivity contribution in [2.24, 2.45) is 0 Å². The molecule has 0 spiro atoms. The molecule has 0 aromatic heterocycles. The molecule has 2 aliphatic rings. The van der Waals surface area contributed by atoms with E-state index in [2.05, 4.69) is 12.4 Å². The molecule has 0 amide bonds. The van der Waals surface area contributed by atoms with Crippen molar-refractivity contribution in [2.75, 3.05) is 51.8 Å². The molecule has 4 rings (SSSR count). The van der Waals surface area contributed by atoms with Gasteiger partial charge in [-0.25, -0.2) is 0 Å².